The maximum atomic E-state index is 10.4. The van der Waals surface area contributed by atoms with Crippen molar-refractivity contribution in [3.8, 4) is 0 Å². The van der Waals surface area contributed by atoms with E-state index in [0.717, 1.165) is 0 Å². The Balaban J connectivity index is 3.29. The maximum absolute atomic E-state index is 10.4. The van der Waals surface area contributed by atoms with Crippen LogP contribution in [0.5, 0.6) is 0 Å². The molecule has 1 aromatic rings. The minimum absolute atomic E-state index is 0.133. The van der Waals surface area contributed by atoms with Crippen molar-refractivity contribution in [3.05, 3.63) is 21.6 Å². The molecule has 0 aliphatic rings. The standard InChI is InChI=1S/C6H10N4O2/c1-4-8-6(10(11)12)5(3-7)9(4)2/h3,7H2,1-2H3. The van der Waals surface area contributed by atoms with Crippen molar-refractivity contribution in [2.45, 2.75) is 13.5 Å². The van der Waals surface area contributed by atoms with Gasteiger partial charge in [0.1, 0.15) is 5.69 Å². The Hall–Kier alpha value is -1.43. The molecule has 0 aromatic carbocycles. The van der Waals surface area contributed by atoms with Crippen LogP contribution in [0, 0.1) is 17.0 Å². The molecule has 6 nitrogen and oxygen atoms in total. The summed E-state index contributed by atoms with van der Waals surface area (Å²) in [5, 5.41) is 10.4. The zero-order valence-electron chi connectivity index (χ0n) is 6.94. The van der Waals surface area contributed by atoms with Crippen molar-refractivity contribution < 1.29 is 4.92 Å². The molecule has 0 saturated carbocycles. The number of rotatable bonds is 2. The molecule has 6 heteroatoms. The highest BCUT2D eigenvalue weighted by atomic mass is 16.6. The predicted octanol–water partition coefficient (Wildman–Crippen LogP) is 0.0954. The molecule has 12 heavy (non-hydrogen) atoms. The van der Waals surface area contributed by atoms with E-state index in [1.165, 1.54) is 0 Å². The highest BCUT2D eigenvalue weighted by Crippen LogP contribution is 2.16. The summed E-state index contributed by atoms with van der Waals surface area (Å²) < 4.78 is 1.62. The molecule has 66 valence electrons. The molecule has 0 saturated heterocycles. The van der Waals surface area contributed by atoms with Crippen molar-refractivity contribution in [2.75, 3.05) is 0 Å². The quantitative estimate of drug-likeness (QED) is 0.503. The molecular formula is C6H10N4O2. The summed E-state index contributed by atoms with van der Waals surface area (Å²) in [5.41, 5.74) is 5.79. The van der Waals surface area contributed by atoms with Gasteiger partial charge in [-0.1, -0.05) is 0 Å². The Morgan fingerprint density at radius 3 is 2.67 bits per heavy atom. The van der Waals surface area contributed by atoms with Crippen molar-refractivity contribution in [1.82, 2.24) is 9.55 Å². The van der Waals surface area contributed by atoms with E-state index in [-0.39, 0.29) is 12.4 Å². The summed E-state index contributed by atoms with van der Waals surface area (Å²) >= 11 is 0. The molecule has 0 spiro atoms. The van der Waals surface area contributed by atoms with Gasteiger partial charge < -0.3 is 20.4 Å². The maximum Gasteiger partial charge on any atom is 0.386 e. The van der Waals surface area contributed by atoms with E-state index < -0.39 is 4.92 Å². The monoisotopic (exact) mass is 170 g/mol. The highest BCUT2D eigenvalue weighted by Gasteiger charge is 2.21. The molecule has 0 fully saturated rings. The molecule has 0 radical (unpaired) electrons. The van der Waals surface area contributed by atoms with Crippen LogP contribution in [0.3, 0.4) is 0 Å². The second kappa shape index (κ2) is 2.90. The molecule has 0 aliphatic carbocycles. The van der Waals surface area contributed by atoms with Crippen molar-refractivity contribution in [2.24, 2.45) is 12.8 Å². The molecule has 0 aliphatic heterocycles. The first-order valence-corrected chi connectivity index (χ1v) is 3.44. The number of aromatic nitrogens is 2. The highest BCUT2D eigenvalue weighted by molar-refractivity contribution is 5.29. The summed E-state index contributed by atoms with van der Waals surface area (Å²) in [6.07, 6.45) is 0. The fourth-order valence-corrected chi connectivity index (χ4v) is 1.01. The topological polar surface area (TPSA) is 87.0 Å². The van der Waals surface area contributed by atoms with Crippen molar-refractivity contribution >= 4 is 5.82 Å². The molecule has 0 unspecified atom stereocenters. The van der Waals surface area contributed by atoms with E-state index >= 15 is 0 Å². The molecule has 0 atom stereocenters. The van der Waals surface area contributed by atoms with Gasteiger partial charge in [-0.15, -0.1) is 0 Å². The van der Waals surface area contributed by atoms with Gasteiger partial charge in [0.05, 0.1) is 0 Å². The Bertz CT molecular complexity index is 318. The lowest BCUT2D eigenvalue weighted by Gasteiger charge is -1.96. The number of imidazole rings is 1. The number of aryl methyl sites for hydroxylation is 1. The van der Waals surface area contributed by atoms with E-state index in [1.54, 1.807) is 18.5 Å². The molecule has 1 rings (SSSR count). The smallest absolute Gasteiger partial charge is 0.358 e. The van der Waals surface area contributed by atoms with Crippen LogP contribution >= 0.6 is 0 Å². The molecule has 1 heterocycles. The fraction of sp³-hybridized carbons (Fsp3) is 0.500. The zero-order valence-corrected chi connectivity index (χ0v) is 6.94. The van der Waals surface area contributed by atoms with E-state index in [1.807, 2.05) is 0 Å². The summed E-state index contributed by atoms with van der Waals surface area (Å²) in [5.74, 6) is 0.458. The van der Waals surface area contributed by atoms with E-state index in [9.17, 15) is 10.1 Å². The summed E-state index contributed by atoms with van der Waals surface area (Å²) in [6.45, 7) is 1.83. The number of hydrogen-bond donors (Lipinski definition) is 1. The van der Waals surface area contributed by atoms with Crippen LogP contribution in [0.25, 0.3) is 0 Å². The van der Waals surface area contributed by atoms with E-state index in [2.05, 4.69) is 4.98 Å². The van der Waals surface area contributed by atoms with Gasteiger partial charge in [0.2, 0.25) is 5.82 Å². The Labute approximate surface area is 69.2 Å². The van der Waals surface area contributed by atoms with Crippen LogP contribution in [-0.4, -0.2) is 14.5 Å². The second-order valence-corrected chi connectivity index (χ2v) is 2.45. The number of hydrogen-bond acceptors (Lipinski definition) is 4. The summed E-state index contributed by atoms with van der Waals surface area (Å²) in [7, 11) is 1.71. The third kappa shape index (κ3) is 1.16. The van der Waals surface area contributed by atoms with Crippen LogP contribution in [0.4, 0.5) is 5.82 Å². The Kier molecular flexibility index (Phi) is 2.09. The average molecular weight is 170 g/mol. The van der Waals surface area contributed by atoms with Gasteiger partial charge in [0, 0.05) is 20.5 Å². The molecular weight excluding hydrogens is 160 g/mol. The fourth-order valence-electron chi connectivity index (χ4n) is 1.01. The normalized spacial score (nSPS) is 10.2. The number of nitrogens with zero attached hydrogens (tertiary/aromatic N) is 3. The number of nitrogens with two attached hydrogens (primary N) is 1. The first-order chi connectivity index (χ1) is 5.57. The van der Waals surface area contributed by atoms with Gasteiger partial charge in [-0.3, -0.25) is 0 Å². The van der Waals surface area contributed by atoms with Gasteiger partial charge in [-0.2, -0.15) is 0 Å². The summed E-state index contributed by atoms with van der Waals surface area (Å²) in [4.78, 5) is 13.7. The van der Waals surface area contributed by atoms with E-state index in [4.69, 9.17) is 5.73 Å². The minimum atomic E-state index is -0.519. The van der Waals surface area contributed by atoms with Crippen molar-refractivity contribution in [1.29, 1.82) is 0 Å². The van der Waals surface area contributed by atoms with Crippen LogP contribution in [0.2, 0.25) is 0 Å². The van der Waals surface area contributed by atoms with Gasteiger partial charge in [0.25, 0.3) is 0 Å². The Morgan fingerprint density at radius 2 is 2.33 bits per heavy atom. The third-order valence-corrected chi connectivity index (χ3v) is 1.78. The van der Waals surface area contributed by atoms with Crippen LogP contribution in [-0.2, 0) is 13.6 Å². The van der Waals surface area contributed by atoms with Gasteiger partial charge in [0.15, 0.2) is 0 Å². The van der Waals surface area contributed by atoms with Crippen LogP contribution < -0.4 is 5.73 Å². The number of nitro groups is 1. The summed E-state index contributed by atoms with van der Waals surface area (Å²) in [6, 6.07) is 0. The Morgan fingerprint density at radius 1 is 1.75 bits per heavy atom. The van der Waals surface area contributed by atoms with Gasteiger partial charge >= 0.3 is 5.82 Å². The molecule has 2 N–H and O–H groups in total. The zero-order chi connectivity index (χ0) is 9.30. The van der Waals surface area contributed by atoms with E-state index in [0.29, 0.717) is 11.5 Å². The second-order valence-electron chi connectivity index (χ2n) is 2.45. The SMILES string of the molecule is Cc1nc([N+](=O)[O-])c(CN)n1C. The lowest BCUT2D eigenvalue weighted by molar-refractivity contribution is -0.390. The van der Waals surface area contributed by atoms with Crippen LogP contribution in [0.15, 0.2) is 0 Å². The van der Waals surface area contributed by atoms with Crippen molar-refractivity contribution in [3.63, 3.8) is 0 Å². The van der Waals surface area contributed by atoms with Gasteiger partial charge in [-0.25, -0.2) is 0 Å². The molecule has 1 aromatic heterocycles. The first-order valence-electron chi connectivity index (χ1n) is 3.44. The lowest BCUT2D eigenvalue weighted by atomic mass is 10.4. The molecule has 0 bridgehead atoms. The third-order valence-electron chi connectivity index (χ3n) is 1.78. The predicted molar refractivity (Wildman–Crippen MR) is 42.5 cm³/mol. The largest absolute Gasteiger partial charge is 0.386 e. The lowest BCUT2D eigenvalue weighted by Crippen LogP contribution is -2.06. The van der Waals surface area contributed by atoms with Crippen LogP contribution in [0.1, 0.15) is 11.5 Å². The van der Waals surface area contributed by atoms with Gasteiger partial charge in [-0.05, 0) is 9.91 Å². The first kappa shape index (κ1) is 8.66. The minimum Gasteiger partial charge on any atom is -0.358 e. The molecule has 0 amide bonds. The average Bonchev–Trinajstić information content (AvgIpc) is 2.29.